The van der Waals surface area contributed by atoms with Gasteiger partial charge in [0.15, 0.2) is 0 Å². The molecular weight excluding hydrogens is 306 g/mol. The van der Waals surface area contributed by atoms with E-state index in [4.69, 9.17) is 4.74 Å². The predicted octanol–water partition coefficient (Wildman–Crippen LogP) is 3.13. The van der Waals surface area contributed by atoms with E-state index in [0.29, 0.717) is 25.7 Å². The number of aliphatic hydroxyl groups is 1. The maximum absolute atomic E-state index is 9.82. The Labute approximate surface area is 124 Å². The highest BCUT2D eigenvalue weighted by Crippen LogP contribution is 2.17. The quantitative estimate of drug-likeness (QED) is 0.769. The Morgan fingerprint density at radius 2 is 2.00 bits per heavy atom. The minimum Gasteiger partial charge on any atom is -0.389 e. The lowest BCUT2D eigenvalue weighted by Crippen LogP contribution is -2.32. The van der Waals surface area contributed by atoms with Crippen molar-refractivity contribution >= 4 is 15.9 Å². The van der Waals surface area contributed by atoms with Gasteiger partial charge >= 0.3 is 0 Å². The summed E-state index contributed by atoms with van der Waals surface area (Å²) in [5.41, 5.74) is 1.20. The molecule has 0 amide bonds. The summed E-state index contributed by atoms with van der Waals surface area (Å²) in [5, 5.41) is 13.1. The summed E-state index contributed by atoms with van der Waals surface area (Å²) in [5.74, 6) is 0.501. The van der Waals surface area contributed by atoms with Crippen molar-refractivity contribution in [1.82, 2.24) is 5.32 Å². The zero-order valence-electron chi connectivity index (χ0n) is 11.9. The Hall–Kier alpha value is -0.420. The monoisotopic (exact) mass is 329 g/mol. The first-order valence-electron chi connectivity index (χ1n) is 6.73. The Morgan fingerprint density at radius 1 is 1.26 bits per heavy atom. The predicted molar refractivity (Wildman–Crippen MR) is 82.2 cm³/mol. The Balaban J connectivity index is 2.27. The molecule has 0 aliphatic heterocycles. The van der Waals surface area contributed by atoms with Gasteiger partial charge in [-0.05, 0) is 30.5 Å². The van der Waals surface area contributed by atoms with Crippen molar-refractivity contribution in [2.75, 3.05) is 19.8 Å². The number of halogens is 1. The van der Waals surface area contributed by atoms with E-state index < -0.39 is 6.10 Å². The lowest BCUT2D eigenvalue weighted by atomic mass is 10.1. The van der Waals surface area contributed by atoms with Crippen molar-refractivity contribution in [2.45, 2.75) is 32.9 Å². The van der Waals surface area contributed by atoms with E-state index >= 15 is 0 Å². The zero-order valence-corrected chi connectivity index (χ0v) is 13.5. The molecular formula is C15H24BrNO2. The van der Waals surface area contributed by atoms with Gasteiger partial charge in [0.1, 0.15) is 0 Å². The topological polar surface area (TPSA) is 41.5 Å². The van der Waals surface area contributed by atoms with Gasteiger partial charge in [-0.1, -0.05) is 41.9 Å². The van der Waals surface area contributed by atoms with Gasteiger partial charge in [-0.3, -0.25) is 0 Å². The number of nitrogens with one attached hydrogen (secondary N) is 1. The highest BCUT2D eigenvalue weighted by molar-refractivity contribution is 9.10. The fourth-order valence-corrected chi connectivity index (χ4v) is 2.12. The molecule has 0 saturated carbocycles. The van der Waals surface area contributed by atoms with Gasteiger partial charge in [0, 0.05) is 23.7 Å². The summed E-state index contributed by atoms with van der Waals surface area (Å²) < 4.78 is 6.49. The molecule has 2 N–H and O–H groups in total. The molecule has 0 aromatic heterocycles. The van der Waals surface area contributed by atoms with Crippen LogP contribution in [0.1, 0.15) is 32.4 Å². The molecule has 1 aromatic rings. The van der Waals surface area contributed by atoms with Crippen LogP contribution in [0, 0.1) is 5.92 Å². The van der Waals surface area contributed by atoms with Crippen LogP contribution in [0.3, 0.4) is 0 Å². The van der Waals surface area contributed by atoms with Crippen molar-refractivity contribution in [3.8, 4) is 0 Å². The third-order valence-electron chi connectivity index (χ3n) is 2.77. The first-order chi connectivity index (χ1) is 8.99. The summed E-state index contributed by atoms with van der Waals surface area (Å²) in [6.07, 6.45) is -0.464. The molecule has 0 saturated heterocycles. The lowest BCUT2D eigenvalue weighted by Gasteiger charge is -2.18. The van der Waals surface area contributed by atoms with Crippen molar-refractivity contribution in [3.05, 3.63) is 34.3 Å². The second-order valence-electron chi connectivity index (χ2n) is 5.27. The summed E-state index contributed by atoms with van der Waals surface area (Å²) in [6, 6.07) is 8.38. The van der Waals surface area contributed by atoms with Crippen LogP contribution in [-0.2, 0) is 4.74 Å². The molecule has 3 nitrogen and oxygen atoms in total. The fraction of sp³-hybridized carbons (Fsp3) is 0.600. The van der Waals surface area contributed by atoms with E-state index in [1.54, 1.807) is 0 Å². The van der Waals surface area contributed by atoms with Gasteiger partial charge in [-0.15, -0.1) is 0 Å². The van der Waals surface area contributed by atoms with E-state index in [2.05, 4.69) is 54.2 Å². The van der Waals surface area contributed by atoms with Crippen LogP contribution in [-0.4, -0.2) is 31.0 Å². The van der Waals surface area contributed by atoms with Crippen LogP contribution in [0.2, 0.25) is 0 Å². The van der Waals surface area contributed by atoms with Crippen molar-refractivity contribution in [3.63, 3.8) is 0 Å². The molecule has 0 fully saturated rings. The average Bonchev–Trinajstić information content (AvgIpc) is 2.35. The van der Waals surface area contributed by atoms with Crippen LogP contribution in [0.4, 0.5) is 0 Å². The van der Waals surface area contributed by atoms with Gasteiger partial charge in [0.25, 0.3) is 0 Å². The lowest BCUT2D eigenvalue weighted by molar-refractivity contribution is 0.0252. The van der Waals surface area contributed by atoms with Gasteiger partial charge in [0.05, 0.1) is 12.7 Å². The van der Waals surface area contributed by atoms with Crippen molar-refractivity contribution in [2.24, 2.45) is 5.92 Å². The van der Waals surface area contributed by atoms with Gasteiger partial charge < -0.3 is 15.2 Å². The largest absolute Gasteiger partial charge is 0.389 e. The van der Waals surface area contributed by atoms with E-state index in [1.165, 1.54) is 5.56 Å². The molecule has 0 aliphatic carbocycles. The highest BCUT2D eigenvalue weighted by atomic mass is 79.9. The molecule has 4 heteroatoms. The molecule has 1 aromatic carbocycles. The minimum atomic E-state index is -0.464. The maximum atomic E-state index is 9.82. The molecule has 0 aliphatic rings. The second kappa shape index (κ2) is 8.69. The molecule has 0 spiro atoms. The first kappa shape index (κ1) is 16.6. The summed E-state index contributed by atoms with van der Waals surface area (Å²) in [7, 11) is 0. The van der Waals surface area contributed by atoms with Crippen molar-refractivity contribution < 1.29 is 9.84 Å². The van der Waals surface area contributed by atoms with Gasteiger partial charge in [0.2, 0.25) is 0 Å². The Bertz CT molecular complexity index is 371. The molecule has 1 unspecified atom stereocenters. The van der Waals surface area contributed by atoms with Gasteiger partial charge in [-0.2, -0.15) is 0 Å². The maximum Gasteiger partial charge on any atom is 0.0897 e. The summed E-state index contributed by atoms with van der Waals surface area (Å²) >= 11 is 3.46. The third-order valence-corrected chi connectivity index (χ3v) is 3.26. The molecule has 0 heterocycles. The average molecular weight is 330 g/mol. The zero-order chi connectivity index (χ0) is 14.3. The van der Waals surface area contributed by atoms with E-state index in [9.17, 15) is 5.11 Å². The normalized spacial score (nSPS) is 14.6. The minimum absolute atomic E-state index is 0.206. The molecule has 19 heavy (non-hydrogen) atoms. The highest BCUT2D eigenvalue weighted by Gasteiger charge is 2.09. The van der Waals surface area contributed by atoms with E-state index in [0.717, 1.165) is 4.47 Å². The van der Waals surface area contributed by atoms with Crippen LogP contribution in [0.25, 0.3) is 0 Å². The molecule has 108 valence electrons. The second-order valence-corrected chi connectivity index (χ2v) is 6.19. The number of ether oxygens (including phenoxy) is 1. The Morgan fingerprint density at radius 3 is 2.63 bits per heavy atom. The number of hydrogen-bond donors (Lipinski definition) is 2. The first-order valence-corrected chi connectivity index (χ1v) is 7.53. The van der Waals surface area contributed by atoms with Crippen LogP contribution < -0.4 is 5.32 Å². The smallest absolute Gasteiger partial charge is 0.0897 e. The standard InChI is InChI=1S/C15H24BrNO2/c1-11(2)9-19-10-15(18)8-17-12(3)13-5-4-6-14(16)7-13/h4-7,11-12,15,17-18H,8-10H2,1-3H3/t12-,15?/m0/s1. The van der Waals surface area contributed by atoms with Crippen molar-refractivity contribution in [1.29, 1.82) is 0 Å². The van der Waals surface area contributed by atoms with E-state index in [-0.39, 0.29) is 6.04 Å². The summed E-state index contributed by atoms with van der Waals surface area (Å²) in [4.78, 5) is 0. The third kappa shape index (κ3) is 7.06. The number of rotatable bonds is 8. The molecule has 0 bridgehead atoms. The number of benzene rings is 1. The Kier molecular flexibility index (Phi) is 7.61. The van der Waals surface area contributed by atoms with Gasteiger partial charge in [-0.25, -0.2) is 0 Å². The molecule has 1 rings (SSSR count). The van der Waals surface area contributed by atoms with Crippen LogP contribution >= 0.6 is 15.9 Å². The van der Waals surface area contributed by atoms with Crippen LogP contribution in [0.15, 0.2) is 28.7 Å². The van der Waals surface area contributed by atoms with Crippen LogP contribution in [0.5, 0.6) is 0 Å². The fourth-order valence-electron chi connectivity index (χ4n) is 1.71. The number of aliphatic hydroxyl groups excluding tert-OH is 1. The molecule has 0 radical (unpaired) electrons. The summed E-state index contributed by atoms with van der Waals surface area (Å²) in [6.45, 7) is 7.89. The number of hydrogen-bond acceptors (Lipinski definition) is 3. The van der Waals surface area contributed by atoms with E-state index in [1.807, 2.05) is 12.1 Å². The molecule has 2 atom stereocenters. The SMILES string of the molecule is CC(C)COCC(O)CN[C@@H](C)c1cccc(Br)c1.